The lowest BCUT2D eigenvalue weighted by molar-refractivity contribution is 0.0946. The van der Waals surface area contributed by atoms with Crippen LogP contribution in [0.1, 0.15) is 16.1 Å². The molecule has 7 nitrogen and oxygen atoms in total. The number of halogens is 1. The van der Waals surface area contributed by atoms with E-state index in [1.807, 2.05) is 30.3 Å². The maximum absolute atomic E-state index is 13.8. The smallest absolute Gasteiger partial charge is 0.254 e. The maximum atomic E-state index is 13.8. The summed E-state index contributed by atoms with van der Waals surface area (Å²) in [7, 11) is -4.03. The standard InChI is InChI=1S/C17H15FN4O3S/c18-15-7-6-13(26(19,24)25)9-14(15)17(23)20-10-12-8-16(22-21-12)11-4-2-1-3-5-11/h1-9H,10H2,(H,20,23)(H,21,22)(H2,19,24,25). The topological polar surface area (TPSA) is 118 Å². The van der Waals surface area contributed by atoms with E-state index in [0.29, 0.717) is 11.4 Å². The number of aromatic nitrogens is 2. The normalized spacial score (nSPS) is 11.3. The van der Waals surface area contributed by atoms with Gasteiger partial charge < -0.3 is 5.32 Å². The zero-order valence-corrected chi connectivity index (χ0v) is 14.3. The number of carbonyl (C=O) groups excluding carboxylic acids is 1. The summed E-state index contributed by atoms with van der Waals surface area (Å²) in [4.78, 5) is 11.8. The molecule has 134 valence electrons. The van der Waals surface area contributed by atoms with Gasteiger partial charge in [-0.25, -0.2) is 17.9 Å². The van der Waals surface area contributed by atoms with Crippen LogP contribution >= 0.6 is 0 Å². The van der Waals surface area contributed by atoms with E-state index in [2.05, 4.69) is 15.5 Å². The highest BCUT2D eigenvalue weighted by Crippen LogP contribution is 2.17. The summed E-state index contributed by atoms with van der Waals surface area (Å²) in [5.41, 5.74) is 1.82. The summed E-state index contributed by atoms with van der Waals surface area (Å²) in [6.45, 7) is 0.0672. The number of benzene rings is 2. The molecule has 0 aliphatic rings. The molecule has 0 aliphatic carbocycles. The van der Waals surface area contributed by atoms with E-state index in [1.54, 1.807) is 6.07 Å². The fourth-order valence-corrected chi connectivity index (χ4v) is 2.87. The second kappa shape index (κ2) is 7.06. The molecule has 0 spiro atoms. The van der Waals surface area contributed by atoms with Gasteiger partial charge in [-0.15, -0.1) is 0 Å². The molecular weight excluding hydrogens is 359 g/mol. The molecule has 1 amide bonds. The molecule has 4 N–H and O–H groups in total. The van der Waals surface area contributed by atoms with Gasteiger partial charge in [0, 0.05) is 5.56 Å². The van der Waals surface area contributed by atoms with Crippen LogP contribution in [0.25, 0.3) is 11.3 Å². The number of hydrogen-bond donors (Lipinski definition) is 3. The van der Waals surface area contributed by atoms with Crippen LogP contribution in [0.3, 0.4) is 0 Å². The van der Waals surface area contributed by atoms with Crippen LogP contribution in [-0.4, -0.2) is 24.5 Å². The zero-order valence-electron chi connectivity index (χ0n) is 13.4. The Kier molecular flexibility index (Phi) is 4.83. The monoisotopic (exact) mass is 374 g/mol. The molecule has 0 saturated heterocycles. The minimum Gasteiger partial charge on any atom is -0.346 e. The van der Waals surface area contributed by atoms with E-state index in [1.165, 1.54) is 0 Å². The Hall–Kier alpha value is -3.04. The van der Waals surface area contributed by atoms with Crippen molar-refractivity contribution in [2.75, 3.05) is 0 Å². The number of nitrogens with two attached hydrogens (primary N) is 1. The van der Waals surface area contributed by atoms with Gasteiger partial charge in [-0.1, -0.05) is 30.3 Å². The molecule has 2 aromatic carbocycles. The minimum absolute atomic E-state index is 0.0672. The van der Waals surface area contributed by atoms with Crippen molar-refractivity contribution < 1.29 is 17.6 Å². The lowest BCUT2D eigenvalue weighted by Gasteiger charge is -2.06. The minimum atomic E-state index is -4.03. The van der Waals surface area contributed by atoms with Gasteiger partial charge in [0.2, 0.25) is 10.0 Å². The van der Waals surface area contributed by atoms with Crippen molar-refractivity contribution in [3.05, 3.63) is 71.7 Å². The van der Waals surface area contributed by atoms with Crippen LogP contribution in [0.4, 0.5) is 4.39 Å². The highest BCUT2D eigenvalue weighted by molar-refractivity contribution is 7.89. The van der Waals surface area contributed by atoms with Gasteiger partial charge in [-0.2, -0.15) is 5.10 Å². The molecule has 9 heteroatoms. The van der Waals surface area contributed by atoms with Crippen molar-refractivity contribution in [1.82, 2.24) is 15.5 Å². The number of H-pyrrole nitrogens is 1. The molecule has 0 unspecified atom stereocenters. The highest BCUT2D eigenvalue weighted by Gasteiger charge is 2.17. The van der Waals surface area contributed by atoms with E-state index >= 15 is 0 Å². The van der Waals surface area contributed by atoms with Crippen LogP contribution < -0.4 is 10.5 Å². The van der Waals surface area contributed by atoms with Gasteiger partial charge in [-0.3, -0.25) is 9.89 Å². The van der Waals surface area contributed by atoms with Crippen molar-refractivity contribution in [3.63, 3.8) is 0 Å². The SMILES string of the molecule is NS(=O)(=O)c1ccc(F)c(C(=O)NCc2cc(-c3ccccc3)n[nH]2)c1. The van der Waals surface area contributed by atoms with E-state index in [4.69, 9.17) is 5.14 Å². The average Bonchev–Trinajstić information content (AvgIpc) is 3.09. The van der Waals surface area contributed by atoms with E-state index in [-0.39, 0.29) is 11.4 Å². The van der Waals surface area contributed by atoms with Crippen molar-refractivity contribution in [2.45, 2.75) is 11.4 Å². The number of carbonyl (C=O) groups is 1. The van der Waals surface area contributed by atoms with Crippen molar-refractivity contribution in [1.29, 1.82) is 0 Å². The molecule has 0 fully saturated rings. The molecule has 0 bridgehead atoms. The van der Waals surface area contributed by atoms with Crippen LogP contribution in [0.2, 0.25) is 0 Å². The van der Waals surface area contributed by atoms with Gasteiger partial charge in [0.15, 0.2) is 0 Å². The fraction of sp³-hybridized carbons (Fsp3) is 0.0588. The van der Waals surface area contributed by atoms with Gasteiger partial charge in [0.05, 0.1) is 28.4 Å². The third-order valence-electron chi connectivity index (χ3n) is 3.65. The predicted octanol–water partition coefficient (Wildman–Crippen LogP) is 1.79. The summed E-state index contributed by atoms with van der Waals surface area (Å²) in [5, 5.41) is 14.5. The van der Waals surface area contributed by atoms with E-state index < -0.39 is 27.3 Å². The maximum Gasteiger partial charge on any atom is 0.254 e. The van der Waals surface area contributed by atoms with Crippen molar-refractivity contribution in [2.24, 2.45) is 5.14 Å². The summed E-state index contributed by atoms with van der Waals surface area (Å²) < 4.78 is 36.5. The first-order chi connectivity index (χ1) is 12.3. The number of primary sulfonamides is 1. The average molecular weight is 374 g/mol. The third-order valence-corrected chi connectivity index (χ3v) is 4.56. The van der Waals surface area contributed by atoms with E-state index in [0.717, 1.165) is 23.8 Å². The summed E-state index contributed by atoms with van der Waals surface area (Å²) in [6, 6.07) is 14.0. The molecule has 26 heavy (non-hydrogen) atoms. The summed E-state index contributed by atoms with van der Waals surface area (Å²) in [6.07, 6.45) is 0. The molecule has 0 aliphatic heterocycles. The van der Waals surface area contributed by atoms with Crippen molar-refractivity contribution >= 4 is 15.9 Å². The van der Waals surface area contributed by atoms with Gasteiger partial charge in [0.1, 0.15) is 5.82 Å². The van der Waals surface area contributed by atoms with Crippen LogP contribution in [0, 0.1) is 5.82 Å². The molecule has 1 aromatic heterocycles. The Morgan fingerprint density at radius 3 is 2.58 bits per heavy atom. The first kappa shape index (κ1) is 17.8. The largest absolute Gasteiger partial charge is 0.346 e. The summed E-state index contributed by atoms with van der Waals surface area (Å²) in [5.74, 6) is -1.60. The number of rotatable bonds is 5. The molecule has 1 heterocycles. The van der Waals surface area contributed by atoms with Crippen molar-refractivity contribution in [3.8, 4) is 11.3 Å². The molecule has 0 radical (unpaired) electrons. The van der Waals surface area contributed by atoms with Gasteiger partial charge in [-0.05, 0) is 24.3 Å². The first-order valence-electron chi connectivity index (χ1n) is 7.55. The van der Waals surface area contributed by atoms with E-state index in [9.17, 15) is 17.6 Å². The number of nitrogens with zero attached hydrogens (tertiary/aromatic N) is 1. The van der Waals surface area contributed by atoms with Gasteiger partial charge >= 0.3 is 0 Å². The first-order valence-corrected chi connectivity index (χ1v) is 9.09. The summed E-state index contributed by atoms with van der Waals surface area (Å²) >= 11 is 0. The Morgan fingerprint density at radius 2 is 1.88 bits per heavy atom. The number of aromatic amines is 1. The number of nitrogens with one attached hydrogen (secondary N) is 2. The molecule has 3 rings (SSSR count). The highest BCUT2D eigenvalue weighted by atomic mass is 32.2. The van der Waals surface area contributed by atoms with Crippen LogP contribution in [0.15, 0.2) is 59.5 Å². The Bertz CT molecular complexity index is 1050. The van der Waals surface area contributed by atoms with Crippen LogP contribution in [0.5, 0.6) is 0 Å². The molecular formula is C17H15FN4O3S. The Morgan fingerprint density at radius 1 is 1.15 bits per heavy atom. The Balaban J connectivity index is 1.73. The predicted molar refractivity (Wildman–Crippen MR) is 93.0 cm³/mol. The second-order valence-corrected chi connectivity index (χ2v) is 7.08. The lowest BCUT2D eigenvalue weighted by Crippen LogP contribution is -2.24. The molecule has 0 saturated carbocycles. The van der Waals surface area contributed by atoms with Gasteiger partial charge in [0.25, 0.3) is 5.91 Å². The molecule has 0 atom stereocenters. The van der Waals surface area contributed by atoms with Crippen LogP contribution in [-0.2, 0) is 16.6 Å². The Labute approximate surface area is 149 Å². The quantitative estimate of drug-likeness (QED) is 0.631. The third kappa shape index (κ3) is 3.95. The number of sulfonamides is 1. The zero-order chi connectivity index (χ0) is 18.7. The second-order valence-electron chi connectivity index (χ2n) is 5.51. The lowest BCUT2D eigenvalue weighted by atomic mass is 10.1. The molecule has 3 aromatic rings. The fourth-order valence-electron chi connectivity index (χ4n) is 2.34. The number of hydrogen-bond acceptors (Lipinski definition) is 4. The number of amides is 1.